The van der Waals surface area contributed by atoms with Gasteiger partial charge in [0.1, 0.15) is 11.5 Å². The lowest BCUT2D eigenvalue weighted by Gasteiger charge is -2.04. The molecule has 1 aromatic carbocycles. The first-order valence-corrected chi connectivity index (χ1v) is 3.78. The number of hydrogen-bond acceptors (Lipinski definition) is 0. The molecule has 0 saturated heterocycles. The van der Waals surface area contributed by atoms with Gasteiger partial charge in [-0.1, -0.05) is 0 Å². The van der Waals surface area contributed by atoms with Crippen molar-refractivity contribution in [1.29, 1.82) is 0 Å². The summed E-state index contributed by atoms with van der Waals surface area (Å²) in [6, 6.07) is 8.10. The van der Waals surface area contributed by atoms with E-state index in [0.29, 0.717) is 0 Å². The minimum Gasteiger partial charge on any atom is -0.319 e. The molecular weight excluding hydrogens is 172 g/mol. The number of nitrogens with zero attached hydrogens (tertiary/aromatic N) is 1. The van der Waals surface area contributed by atoms with Crippen LogP contribution in [0.4, 0.5) is 8.78 Å². The van der Waals surface area contributed by atoms with Crippen LogP contribution in [0.2, 0.25) is 0 Å². The molecule has 0 atom stereocenters. The van der Waals surface area contributed by atoms with E-state index < -0.39 is 11.6 Å². The standard InChI is InChI=1S/C10H6F2N/c11-8-4-3-5-9(12)10(8)13-6-1-2-7-13/h1-4,6-7H. The Morgan fingerprint density at radius 2 is 1.85 bits per heavy atom. The molecule has 1 nitrogen and oxygen atoms in total. The number of rotatable bonds is 1. The van der Waals surface area contributed by atoms with Crippen molar-refractivity contribution in [1.82, 2.24) is 4.57 Å². The third-order valence-electron chi connectivity index (χ3n) is 1.74. The molecule has 3 heteroatoms. The highest BCUT2D eigenvalue weighted by Crippen LogP contribution is 2.16. The SMILES string of the molecule is Fc1[c]ccc(F)c1-n1cccc1. The van der Waals surface area contributed by atoms with Crippen LogP contribution in [0.15, 0.2) is 36.7 Å². The highest BCUT2D eigenvalue weighted by Gasteiger charge is 2.08. The molecule has 65 valence electrons. The van der Waals surface area contributed by atoms with Gasteiger partial charge in [-0.05, 0) is 24.3 Å². The van der Waals surface area contributed by atoms with Crippen LogP contribution >= 0.6 is 0 Å². The Kier molecular flexibility index (Phi) is 1.85. The third-order valence-corrected chi connectivity index (χ3v) is 1.74. The van der Waals surface area contributed by atoms with Crippen LogP contribution in [0.25, 0.3) is 5.69 Å². The highest BCUT2D eigenvalue weighted by atomic mass is 19.1. The van der Waals surface area contributed by atoms with Crippen molar-refractivity contribution >= 4 is 0 Å². The molecule has 0 spiro atoms. The second kappa shape index (κ2) is 3.01. The van der Waals surface area contributed by atoms with Crippen LogP contribution in [0, 0.1) is 17.7 Å². The van der Waals surface area contributed by atoms with Crippen LogP contribution in [0.3, 0.4) is 0 Å². The average Bonchev–Trinajstić information content (AvgIpc) is 2.57. The van der Waals surface area contributed by atoms with Crippen LogP contribution in [-0.2, 0) is 0 Å². The first kappa shape index (κ1) is 7.98. The zero-order chi connectivity index (χ0) is 9.26. The van der Waals surface area contributed by atoms with Gasteiger partial charge in [0.05, 0.1) is 0 Å². The van der Waals surface area contributed by atoms with Crippen molar-refractivity contribution in [2.75, 3.05) is 0 Å². The fourth-order valence-corrected chi connectivity index (χ4v) is 1.16. The summed E-state index contributed by atoms with van der Waals surface area (Å²) in [6.07, 6.45) is 3.16. The Hall–Kier alpha value is -1.64. The molecule has 13 heavy (non-hydrogen) atoms. The Bertz CT molecular complexity index is 387. The van der Waals surface area contributed by atoms with Crippen LogP contribution in [0.5, 0.6) is 0 Å². The second-order valence-corrected chi connectivity index (χ2v) is 2.58. The molecule has 1 heterocycles. The van der Waals surface area contributed by atoms with E-state index in [1.165, 1.54) is 16.7 Å². The van der Waals surface area contributed by atoms with E-state index >= 15 is 0 Å². The van der Waals surface area contributed by atoms with E-state index in [2.05, 4.69) is 6.07 Å². The minimum atomic E-state index is -0.684. The lowest BCUT2D eigenvalue weighted by atomic mass is 10.3. The summed E-state index contributed by atoms with van der Waals surface area (Å²) in [7, 11) is 0. The van der Waals surface area contributed by atoms with Crippen LogP contribution < -0.4 is 0 Å². The summed E-state index contributed by atoms with van der Waals surface area (Å²) in [5, 5.41) is 0. The summed E-state index contributed by atoms with van der Waals surface area (Å²) >= 11 is 0. The molecule has 0 aliphatic heterocycles. The third kappa shape index (κ3) is 1.33. The van der Waals surface area contributed by atoms with Gasteiger partial charge in [0.15, 0.2) is 5.82 Å². The van der Waals surface area contributed by atoms with E-state index in [1.54, 1.807) is 24.5 Å². The predicted molar refractivity (Wildman–Crippen MR) is 44.5 cm³/mol. The molecule has 0 N–H and O–H groups in total. The normalized spacial score (nSPS) is 10.3. The number of hydrogen-bond donors (Lipinski definition) is 0. The highest BCUT2D eigenvalue weighted by molar-refractivity contribution is 5.35. The zero-order valence-electron chi connectivity index (χ0n) is 6.67. The van der Waals surface area contributed by atoms with Crippen LogP contribution in [-0.4, -0.2) is 4.57 Å². The van der Waals surface area contributed by atoms with Gasteiger partial charge in [-0.15, -0.1) is 0 Å². The molecule has 0 saturated carbocycles. The molecule has 1 radical (unpaired) electrons. The maximum Gasteiger partial charge on any atom is 0.158 e. The van der Waals surface area contributed by atoms with Crippen molar-refractivity contribution in [2.45, 2.75) is 0 Å². The Balaban J connectivity index is 2.64. The molecular formula is C10H6F2N. The number of benzene rings is 1. The van der Waals surface area contributed by atoms with Gasteiger partial charge in [-0.2, -0.15) is 0 Å². The molecule has 1 aromatic heterocycles. The topological polar surface area (TPSA) is 4.93 Å². The van der Waals surface area contributed by atoms with Gasteiger partial charge in [0.25, 0.3) is 0 Å². The van der Waals surface area contributed by atoms with Crippen molar-refractivity contribution in [3.63, 3.8) is 0 Å². The summed E-state index contributed by atoms with van der Waals surface area (Å²) in [5.41, 5.74) is -0.0903. The molecule has 0 aliphatic carbocycles. The van der Waals surface area contributed by atoms with Crippen molar-refractivity contribution in [3.05, 3.63) is 54.4 Å². The summed E-state index contributed by atoms with van der Waals surface area (Å²) in [5.74, 6) is -1.27. The smallest absolute Gasteiger partial charge is 0.158 e. The number of aromatic nitrogens is 1. The molecule has 0 aliphatic rings. The quantitative estimate of drug-likeness (QED) is 0.632. The van der Waals surface area contributed by atoms with E-state index in [4.69, 9.17) is 0 Å². The van der Waals surface area contributed by atoms with E-state index in [-0.39, 0.29) is 5.69 Å². The molecule has 0 unspecified atom stereocenters. The van der Waals surface area contributed by atoms with E-state index in [1.807, 2.05) is 0 Å². The van der Waals surface area contributed by atoms with Gasteiger partial charge in [0.2, 0.25) is 0 Å². The lowest BCUT2D eigenvalue weighted by Crippen LogP contribution is -1.98. The van der Waals surface area contributed by atoms with Gasteiger partial charge >= 0.3 is 0 Å². The molecule has 0 amide bonds. The van der Waals surface area contributed by atoms with Crippen molar-refractivity contribution in [3.8, 4) is 5.69 Å². The zero-order valence-corrected chi connectivity index (χ0v) is 6.67. The largest absolute Gasteiger partial charge is 0.319 e. The Labute approximate surface area is 74.2 Å². The average molecular weight is 178 g/mol. The van der Waals surface area contributed by atoms with Gasteiger partial charge in [-0.25, -0.2) is 8.78 Å². The first-order chi connectivity index (χ1) is 6.29. The fourth-order valence-electron chi connectivity index (χ4n) is 1.16. The molecule has 2 rings (SSSR count). The summed E-state index contributed by atoms with van der Waals surface area (Å²) in [4.78, 5) is 0. The molecule has 2 aromatic rings. The summed E-state index contributed by atoms with van der Waals surface area (Å²) < 4.78 is 27.6. The maximum atomic E-state index is 13.1. The lowest BCUT2D eigenvalue weighted by molar-refractivity contribution is 0.568. The maximum absolute atomic E-state index is 13.1. The number of halogens is 2. The van der Waals surface area contributed by atoms with Crippen molar-refractivity contribution < 1.29 is 8.78 Å². The van der Waals surface area contributed by atoms with Gasteiger partial charge < -0.3 is 4.57 Å². The van der Waals surface area contributed by atoms with Gasteiger partial charge in [-0.3, -0.25) is 0 Å². The minimum absolute atomic E-state index is 0.0903. The van der Waals surface area contributed by atoms with E-state index in [0.717, 1.165) is 0 Å². The molecule has 0 bridgehead atoms. The van der Waals surface area contributed by atoms with Crippen LogP contribution in [0.1, 0.15) is 0 Å². The molecule has 0 fully saturated rings. The fraction of sp³-hybridized carbons (Fsp3) is 0. The van der Waals surface area contributed by atoms with Gasteiger partial charge in [0, 0.05) is 18.5 Å². The monoisotopic (exact) mass is 178 g/mol. The van der Waals surface area contributed by atoms with Crippen molar-refractivity contribution in [2.24, 2.45) is 0 Å². The Morgan fingerprint density at radius 3 is 2.46 bits per heavy atom. The Morgan fingerprint density at radius 1 is 1.15 bits per heavy atom. The second-order valence-electron chi connectivity index (χ2n) is 2.58. The summed E-state index contributed by atoms with van der Waals surface area (Å²) in [6.45, 7) is 0. The van der Waals surface area contributed by atoms with E-state index in [9.17, 15) is 8.78 Å². The first-order valence-electron chi connectivity index (χ1n) is 3.78. The predicted octanol–water partition coefficient (Wildman–Crippen LogP) is 2.56.